The first kappa shape index (κ1) is 15.6. The van der Waals surface area contributed by atoms with Gasteiger partial charge in [0.2, 0.25) is 0 Å². The molecule has 1 fully saturated rings. The Labute approximate surface area is 145 Å². The lowest BCUT2D eigenvalue weighted by atomic mass is 9.74. The number of hydrogen-bond acceptors (Lipinski definition) is 2. The molecule has 1 aliphatic heterocycles. The number of rotatable bonds is 4. The predicted octanol–water partition coefficient (Wildman–Crippen LogP) is 3.26. The average molecular weight is 338 g/mol. The molecular formula is C20H22N2OS. The van der Waals surface area contributed by atoms with Crippen molar-refractivity contribution in [1.82, 2.24) is 9.29 Å². The van der Waals surface area contributed by atoms with Crippen LogP contribution in [0.1, 0.15) is 17.5 Å². The second kappa shape index (κ2) is 6.19. The lowest BCUT2D eigenvalue weighted by Crippen LogP contribution is -2.31. The average Bonchev–Trinajstić information content (AvgIpc) is 3.22. The first-order chi connectivity index (χ1) is 11.7. The Morgan fingerprint density at radius 3 is 2.71 bits per heavy atom. The minimum absolute atomic E-state index is 0.142. The molecule has 1 aromatic heterocycles. The number of nitrogens with one attached hydrogen (secondary N) is 1. The molecule has 0 amide bonds. The molecule has 2 aromatic carbocycles. The van der Waals surface area contributed by atoms with Crippen molar-refractivity contribution < 1.29 is 4.21 Å². The summed E-state index contributed by atoms with van der Waals surface area (Å²) in [5, 5.41) is 4.72. The van der Waals surface area contributed by atoms with Crippen LogP contribution in [0, 0.1) is 0 Å². The number of hydrogen-bond donors (Lipinski definition) is 1. The zero-order valence-electron chi connectivity index (χ0n) is 13.9. The molecule has 0 saturated carbocycles. The molecule has 0 aliphatic carbocycles. The van der Waals surface area contributed by atoms with E-state index >= 15 is 0 Å². The van der Waals surface area contributed by atoms with Crippen molar-refractivity contribution in [3.8, 4) is 0 Å². The van der Waals surface area contributed by atoms with E-state index in [0.717, 1.165) is 31.4 Å². The summed E-state index contributed by atoms with van der Waals surface area (Å²) >= 11 is 0. The summed E-state index contributed by atoms with van der Waals surface area (Å²) in [4.78, 5) is 0. The van der Waals surface area contributed by atoms with Crippen molar-refractivity contribution in [3.63, 3.8) is 0 Å². The topological polar surface area (TPSA) is 34.0 Å². The van der Waals surface area contributed by atoms with Gasteiger partial charge in [-0.15, -0.1) is 0 Å². The van der Waals surface area contributed by atoms with Crippen LogP contribution in [0.15, 0.2) is 60.8 Å². The first-order valence-electron chi connectivity index (χ1n) is 8.38. The van der Waals surface area contributed by atoms with Gasteiger partial charge >= 0.3 is 0 Å². The number of nitrogens with zero attached hydrogens (tertiary/aromatic N) is 1. The van der Waals surface area contributed by atoms with Gasteiger partial charge in [0.1, 0.15) is 11.0 Å². The molecule has 3 nitrogen and oxygen atoms in total. The zero-order valence-corrected chi connectivity index (χ0v) is 14.7. The third-order valence-electron chi connectivity index (χ3n) is 5.17. The smallest absolute Gasteiger partial charge is 0.120 e. The predicted molar refractivity (Wildman–Crippen MR) is 101 cm³/mol. The monoisotopic (exact) mass is 338 g/mol. The summed E-state index contributed by atoms with van der Waals surface area (Å²) in [6, 6.07) is 19.4. The highest BCUT2D eigenvalue weighted by Gasteiger charge is 2.35. The number of benzene rings is 2. The Kier molecular flexibility index (Phi) is 4.02. The summed E-state index contributed by atoms with van der Waals surface area (Å²) in [7, 11) is -1.02. The maximum Gasteiger partial charge on any atom is 0.120 e. The van der Waals surface area contributed by atoms with Gasteiger partial charge in [-0.05, 0) is 48.7 Å². The molecule has 0 radical (unpaired) electrons. The van der Waals surface area contributed by atoms with Crippen molar-refractivity contribution >= 4 is 21.9 Å². The molecule has 0 spiro atoms. The minimum atomic E-state index is -1.02. The fraction of sp³-hybridized carbons (Fsp3) is 0.300. The summed E-state index contributed by atoms with van der Waals surface area (Å²) in [5.41, 5.74) is 3.95. The van der Waals surface area contributed by atoms with Crippen molar-refractivity contribution in [1.29, 1.82) is 0 Å². The Morgan fingerprint density at radius 2 is 2.00 bits per heavy atom. The van der Waals surface area contributed by atoms with Gasteiger partial charge in [-0.25, -0.2) is 4.21 Å². The van der Waals surface area contributed by atoms with E-state index in [1.54, 1.807) is 6.26 Å². The van der Waals surface area contributed by atoms with Gasteiger partial charge in [-0.2, -0.15) is 0 Å². The van der Waals surface area contributed by atoms with Gasteiger partial charge in [-0.3, -0.25) is 3.97 Å². The normalized spacial score (nSPS) is 22.0. The number of fused-ring (bicyclic) bond motifs is 1. The maximum absolute atomic E-state index is 11.8. The Bertz CT molecular complexity index is 879. The lowest BCUT2D eigenvalue weighted by Gasteiger charge is -2.29. The molecule has 4 rings (SSSR count). The van der Waals surface area contributed by atoms with Gasteiger partial charge in [0.25, 0.3) is 0 Å². The first-order valence-corrected chi connectivity index (χ1v) is 9.90. The molecule has 1 N–H and O–H groups in total. The minimum Gasteiger partial charge on any atom is -0.316 e. The third kappa shape index (κ3) is 2.70. The summed E-state index contributed by atoms with van der Waals surface area (Å²) in [5.74, 6) is 0. The Hall–Kier alpha value is -1.91. The highest BCUT2D eigenvalue weighted by Crippen LogP contribution is 2.36. The van der Waals surface area contributed by atoms with Gasteiger partial charge < -0.3 is 5.32 Å². The molecule has 1 aliphatic rings. The van der Waals surface area contributed by atoms with Crippen molar-refractivity contribution in [2.24, 2.45) is 0 Å². The molecule has 1 saturated heterocycles. The maximum atomic E-state index is 11.8. The van der Waals surface area contributed by atoms with Crippen LogP contribution >= 0.6 is 0 Å². The van der Waals surface area contributed by atoms with Crippen LogP contribution in [0.4, 0.5) is 0 Å². The van der Waals surface area contributed by atoms with E-state index in [-0.39, 0.29) is 5.41 Å². The van der Waals surface area contributed by atoms with Crippen LogP contribution in [-0.4, -0.2) is 27.5 Å². The van der Waals surface area contributed by atoms with Gasteiger partial charge in [-0.1, -0.05) is 36.4 Å². The molecule has 2 unspecified atom stereocenters. The Morgan fingerprint density at radius 1 is 1.17 bits per heavy atom. The number of aromatic nitrogens is 1. The Balaban J connectivity index is 1.76. The molecule has 4 heteroatoms. The van der Waals surface area contributed by atoms with Gasteiger partial charge in [0.05, 0.1) is 5.52 Å². The highest BCUT2D eigenvalue weighted by molar-refractivity contribution is 7.82. The third-order valence-corrected chi connectivity index (χ3v) is 6.05. The van der Waals surface area contributed by atoms with E-state index in [1.165, 1.54) is 16.5 Å². The van der Waals surface area contributed by atoms with Crippen molar-refractivity contribution in [2.45, 2.75) is 18.3 Å². The van der Waals surface area contributed by atoms with E-state index in [2.05, 4.69) is 59.9 Å². The summed E-state index contributed by atoms with van der Waals surface area (Å²) in [6.07, 6.45) is 5.83. The SMILES string of the molecule is CS(=O)n1ccc2cc(C3(Cc4ccccc4)CCNC3)ccc21. The second-order valence-corrected chi connectivity index (χ2v) is 7.95. The van der Waals surface area contributed by atoms with Crippen LogP contribution in [0.25, 0.3) is 10.9 Å². The quantitative estimate of drug-likeness (QED) is 0.792. The van der Waals surface area contributed by atoms with E-state index in [1.807, 2.05) is 10.2 Å². The van der Waals surface area contributed by atoms with E-state index in [0.29, 0.717) is 0 Å². The fourth-order valence-electron chi connectivity index (χ4n) is 3.90. The molecule has 3 aromatic rings. The molecular weight excluding hydrogens is 316 g/mol. The summed E-state index contributed by atoms with van der Waals surface area (Å²) in [6.45, 7) is 2.07. The van der Waals surface area contributed by atoms with E-state index in [9.17, 15) is 4.21 Å². The fourth-order valence-corrected chi connectivity index (χ4v) is 4.58. The van der Waals surface area contributed by atoms with Gasteiger partial charge in [0, 0.05) is 29.8 Å². The molecule has 124 valence electrons. The molecule has 0 bridgehead atoms. The van der Waals surface area contributed by atoms with Crippen LogP contribution in [0.5, 0.6) is 0 Å². The second-order valence-electron chi connectivity index (χ2n) is 6.71. The van der Waals surface area contributed by atoms with Crippen LogP contribution < -0.4 is 5.32 Å². The highest BCUT2D eigenvalue weighted by atomic mass is 32.2. The van der Waals surface area contributed by atoms with Crippen molar-refractivity contribution in [3.05, 3.63) is 71.9 Å². The van der Waals surface area contributed by atoms with Crippen LogP contribution in [-0.2, 0) is 22.8 Å². The van der Waals surface area contributed by atoms with E-state index < -0.39 is 11.0 Å². The molecule has 2 atom stereocenters. The lowest BCUT2D eigenvalue weighted by molar-refractivity contribution is 0.468. The summed E-state index contributed by atoms with van der Waals surface area (Å²) < 4.78 is 13.7. The molecule has 24 heavy (non-hydrogen) atoms. The van der Waals surface area contributed by atoms with Crippen LogP contribution in [0.3, 0.4) is 0 Å². The van der Waals surface area contributed by atoms with E-state index in [4.69, 9.17) is 0 Å². The van der Waals surface area contributed by atoms with Gasteiger partial charge in [0.15, 0.2) is 0 Å². The van der Waals surface area contributed by atoms with Crippen LogP contribution in [0.2, 0.25) is 0 Å². The largest absolute Gasteiger partial charge is 0.316 e. The van der Waals surface area contributed by atoms with Crippen molar-refractivity contribution in [2.75, 3.05) is 19.3 Å². The molecule has 2 heterocycles. The standard InChI is InChI=1S/C20H22N2OS/c1-24(23)22-12-9-17-13-18(7-8-19(17)22)20(10-11-21-15-20)14-16-5-3-2-4-6-16/h2-9,12-13,21H,10-11,14-15H2,1H3. The zero-order chi connectivity index (χ0) is 16.6.